The van der Waals surface area contributed by atoms with Crippen molar-refractivity contribution in [3.05, 3.63) is 17.5 Å². The molecule has 0 aliphatic carbocycles. The first-order valence-corrected chi connectivity index (χ1v) is 9.24. The molecule has 1 amide bonds. The second-order valence-corrected chi connectivity index (χ2v) is 7.48. The zero-order valence-corrected chi connectivity index (χ0v) is 15.5. The summed E-state index contributed by atoms with van der Waals surface area (Å²) in [5.74, 6) is 0.761. The molecule has 0 saturated carbocycles. The van der Waals surface area contributed by atoms with Crippen molar-refractivity contribution in [1.82, 2.24) is 29.4 Å². The number of likely N-dealkylation sites (N-methyl/N-ethyl adjacent to an activating group) is 1. The summed E-state index contributed by atoms with van der Waals surface area (Å²) in [4.78, 5) is 21.4. The average molecular weight is 348 g/mol. The molecule has 0 spiro atoms. The van der Waals surface area contributed by atoms with E-state index in [9.17, 15) is 4.79 Å². The third-order valence-corrected chi connectivity index (χ3v) is 5.45. The second-order valence-electron chi connectivity index (χ2n) is 6.18. The molecule has 0 radical (unpaired) electrons. The van der Waals surface area contributed by atoms with Gasteiger partial charge in [0.1, 0.15) is 0 Å². The average Bonchev–Trinajstić information content (AvgIpc) is 2.97. The lowest BCUT2D eigenvalue weighted by molar-refractivity contribution is -0.132. The Balaban J connectivity index is 1.71. The van der Waals surface area contributed by atoms with Crippen LogP contribution < -0.4 is 0 Å². The Morgan fingerprint density at radius 3 is 2.62 bits per heavy atom. The van der Waals surface area contributed by atoms with Gasteiger partial charge in [-0.2, -0.15) is 0 Å². The number of thioether (sulfide) groups is 1. The normalized spacial score (nSPS) is 17.4. The van der Waals surface area contributed by atoms with Crippen LogP contribution in [0.4, 0.5) is 0 Å². The molecule has 1 aliphatic rings. The van der Waals surface area contributed by atoms with Crippen LogP contribution in [0.15, 0.2) is 11.2 Å². The Morgan fingerprint density at radius 2 is 1.96 bits per heavy atom. The van der Waals surface area contributed by atoms with Crippen molar-refractivity contribution in [3.63, 3.8) is 0 Å². The van der Waals surface area contributed by atoms with E-state index < -0.39 is 0 Å². The summed E-state index contributed by atoms with van der Waals surface area (Å²) in [6.45, 7) is 12.6. The molecule has 1 fully saturated rings. The molecule has 7 nitrogen and oxygen atoms in total. The van der Waals surface area contributed by atoms with Crippen LogP contribution in [0.1, 0.15) is 25.2 Å². The predicted molar refractivity (Wildman–Crippen MR) is 94.3 cm³/mol. The van der Waals surface area contributed by atoms with Crippen molar-refractivity contribution < 1.29 is 4.79 Å². The van der Waals surface area contributed by atoms with E-state index in [4.69, 9.17) is 0 Å². The minimum Gasteiger partial charge on any atom is -0.339 e. The van der Waals surface area contributed by atoms with Crippen LogP contribution in [0.25, 0.3) is 5.78 Å². The molecule has 2 aromatic heterocycles. The third kappa shape index (κ3) is 3.39. The number of rotatable bonds is 4. The Labute approximate surface area is 146 Å². The standard InChI is InChI=1S/C16H24N6OS/c1-5-20-6-8-21(9-7-20)14(23)13(4)24-16-19-18-15-17-11(2)10-12(3)22(15)16/h10,13H,5-9H2,1-4H3/t13-/m0/s1. The van der Waals surface area contributed by atoms with Gasteiger partial charge < -0.3 is 9.80 Å². The van der Waals surface area contributed by atoms with Gasteiger partial charge in [-0.1, -0.05) is 18.7 Å². The van der Waals surface area contributed by atoms with E-state index in [1.165, 1.54) is 11.8 Å². The Kier molecular flexibility index (Phi) is 5.05. The van der Waals surface area contributed by atoms with Crippen LogP contribution in [-0.2, 0) is 4.79 Å². The number of carbonyl (C=O) groups excluding carboxylic acids is 1. The van der Waals surface area contributed by atoms with Crippen molar-refractivity contribution >= 4 is 23.4 Å². The molecule has 2 aromatic rings. The van der Waals surface area contributed by atoms with Crippen molar-refractivity contribution in [1.29, 1.82) is 0 Å². The van der Waals surface area contributed by atoms with E-state index in [0.29, 0.717) is 5.78 Å². The first-order chi connectivity index (χ1) is 11.5. The summed E-state index contributed by atoms with van der Waals surface area (Å²) in [6, 6.07) is 2.00. The fraction of sp³-hybridized carbons (Fsp3) is 0.625. The lowest BCUT2D eigenvalue weighted by atomic mass is 10.3. The highest BCUT2D eigenvalue weighted by atomic mass is 32.2. The Hall–Kier alpha value is -1.67. The number of nitrogens with zero attached hydrogens (tertiary/aromatic N) is 6. The van der Waals surface area contributed by atoms with Gasteiger partial charge in [0.15, 0.2) is 5.16 Å². The van der Waals surface area contributed by atoms with E-state index in [1.54, 1.807) is 0 Å². The van der Waals surface area contributed by atoms with E-state index in [-0.39, 0.29) is 11.2 Å². The molecular weight excluding hydrogens is 324 g/mol. The van der Waals surface area contributed by atoms with Crippen LogP contribution in [0.2, 0.25) is 0 Å². The lowest BCUT2D eigenvalue weighted by Crippen LogP contribution is -2.50. The molecular formula is C16H24N6OS. The summed E-state index contributed by atoms with van der Waals surface area (Å²) in [6.07, 6.45) is 0. The van der Waals surface area contributed by atoms with Gasteiger partial charge in [0.25, 0.3) is 5.78 Å². The fourth-order valence-corrected chi connectivity index (χ4v) is 4.01. The molecule has 130 valence electrons. The molecule has 1 saturated heterocycles. The molecule has 1 aliphatic heterocycles. The number of hydrogen-bond donors (Lipinski definition) is 0. The molecule has 0 N–H and O–H groups in total. The van der Waals surface area contributed by atoms with Crippen LogP contribution in [0, 0.1) is 13.8 Å². The first kappa shape index (κ1) is 17.2. The van der Waals surface area contributed by atoms with E-state index in [0.717, 1.165) is 49.3 Å². The van der Waals surface area contributed by atoms with Crippen molar-refractivity contribution in [2.45, 2.75) is 38.1 Å². The largest absolute Gasteiger partial charge is 0.339 e. The van der Waals surface area contributed by atoms with Gasteiger partial charge in [0, 0.05) is 37.6 Å². The van der Waals surface area contributed by atoms with Crippen molar-refractivity contribution in [3.8, 4) is 0 Å². The summed E-state index contributed by atoms with van der Waals surface area (Å²) >= 11 is 1.45. The van der Waals surface area contributed by atoms with Gasteiger partial charge in [-0.25, -0.2) is 4.98 Å². The molecule has 1 atom stereocenters. The van der Waals surface area contributed by atoms with Crippen LogP contribution in [0.3, 0.4) is 0 Å². The van der Waals surface area contributed by atoms with Gasteiger partial charge in [-0.15, -0.1) is 10.2 Å². The quantitative estimate of drug-likeness (QED) is 0.778. The highest BCUT2D eigenvalue weighted by Gasteiger charge is 2.26. The molecule has 8 heteroatoms. The molecule has 3 heterocycles. The zero-order chi connectivity index (χ0) is 17.3. The van der Waals surface area contributed by atoms with Gasteiger partial charge in [-0.3, -0.25) is 9.20 Å². The Morgan fingerprint density at radius 1 is 1.25 bits per heavy atom. The van der Waals surface area contributed by atoms with Gasteiger partial charge >= 0.3 is 0 Å². The predicted octanol–water partition coefficient (Wildman–Crippen LogP) is 1.39. The van der Waals surface area contributed by atoms with Gasteiger partial charge in [-0.05, 0) is 33.4 Å². The maximum atomic E-state index is 12.7. The molecule has 3 rings (SSSR count). The summed E-state index contributed by atoms with van der Waals surface area (Å²) < 4.78 is 1.91. The molecule has 0 aromatic carbocycles. The minimum absolute atomic E-state index is 0.172. The van der Waals surface area contributed by atoms with Gasteiger partial charge in [0.05, 0.1) is 5.25 Å². The second kappa shape index (κ2) is 7.06. The van der Waals surface area contributed by atoms with E-state index in [2.05, 4.69) is 27.0 Å². The van der Waals surface area contributed by atoms with Gasteiger partial charge in [0.2, 0.25) is 5.91 Å². The highest BCUT2D eigenvalue weighted by molar-refractivity contribution is 8.00. The van der Waals surface area contributed by atoms with Crippen LogP contribution in [0.5, 0.6) is 0 Å². The zero-order valence-electron chi connectivity index (χ0n) is 14.7. The molecule has 0 unspecified atom stereocenters. The van der Waals surface area contributed by atoms with E-state index >= 15 is 0 Å². The summed E-state index contributed by atoms with van der Waals surface area (Å²) in [7, 11) is 0. The number of aryl methyl sites for hydroxylation is 2. The molecule has 24 heavy (non-hydrogen) atoms. The minimum atomic E-state index is -0.189. The highest BCUT2D eigenvalue weighted by Crippen LogP contribution is 2.24. The maximum absolute atomic E-state index is 12.7. The maximum Gasteiger partial charge on any atom is 0.256 e. The van der Waals surface area contributed by atoms with Crippen LogP contribution >= 0.6 is 11.8 Å². The van der Waals surface area contributed by atoms with Crippen molar-refractivity contribution in [2.75, 3.05) is 32.7 Å². The summed E-state index contributed by atoms with van der Waals surface area (Å²) in [5, 5.41) is 8.90. The monoisotopic (exact) mass is 348 g/mol. The van der Waals surface area contributed by atoms with E-state index in [1.807, 2.05) is 36.1 Å². The third-order valence-electron chi connectivity index (χ3n) is 4.42. The Bertz CT molecular complexity index is 737. The number of hydrogen-bond acceptors (Lipinski definition) is 6. The number of fused-ring (bicyclic) bond motifs is 1. The number of aromatic nitrogens is 4. The number of piperazine rings is 1. The topological polar surface area (TPSA) is 66.6 Å². The first-order valence-electron chi connectivity index (χ1n) is 8.36. The molecule has 0 bridgehead atoms. The lowest BCUT2D eigenvalue weighted by Gasteiger charge is -2.35. The fourth-order valence-electron chi connectivity index (χ4n) is 3.03. The number of amides is 1. The van der Waals surface area contributed by atoms with Crippen LogP contribution in [-0.4, -0.2) is 73.3 Å². The van der Waals surface area contributed by atoms with Crippen molar-refractivity contribution in [2.24, 2.45) is 0 Å². The summed E-state index contributed by atoms with van der Waals surface area (Å²) in [5.41, 5.74) is 1.95. The number of carbonyl (C=O) groups is 1. The smallest absolute Gasteiger partial charge is 0.256 e. The SMILES string of the molecule is CCN1CCN(C(=O)[C@H](C)Sc2nnc3nc(C)cc(C)n23)CC1.